The lowest BCUT2D eigenvalue weighted by Crippen LogP contribution is -2.14. The number of para-hydroxylation sites is 2. The number of anilines is 1. The summed E-state index contributed by atoms with van der Waals surface area (Å²) in [5.41, 5.74) is 3.00. The molecule has 0 spiro atoms. The zero-order chi connectivity index (χ0) is 16.9. The Labute approximate surface area is 150 Å². The van der Waals surface area contributed by atoms with Crippen molar-refractivity contribution >= 4 is 46.0 Å². The molecule has 1 N–H and O–H groups in total. The van der Waals surface area contributed by atoms with Gasteiger partial charge in [-0.2, -0.15) is 0 Å². The van der Waals surface area contributed by atoms with Crippen LogP contribution >= 0.6 is 23.5 Å². The Morgan fingerprint density at radius 3 is 2.71 bits per heavy atom. The maximum absolute atomic E-state index is 12.2. The Kier molecular flexibility index (Phi) is 5.43. The largest absolute Gasteiger partial charge is 0.324 e. The minimum atomic E-state index is -0.0193. The highest BCUT2D eigenvalue weighted by Crippen LogP contribution is 2.26. The number of rotatable bonds is 5. The Balaban J connectivity index is 1.68. The van der Waals surface area contributed by atoms with E-state index >= 15 is 0 Å². The monoisotopic (exact) mass is 354 g/mol. The fourth-order valence-electron chi connectivity index (χ4n) is 2.47. The molecule has 2 aromatic carbocycles. The molecule has 0 aliphatic carbocycles. The highest BCUT2D eigenvalue weighted by Gasteiger charge is 2.09. The van der Waals surface area contributed by atoms with E-state index in [0.29, 0.717) is 5.75 Å². The Hall–Kier alpha value is -1.98. The summed E-state index contributed by atoms with van der Waals surface area (Å²) in [5.74, 6) is 0.321. The molecule has 3 rings (SSSR count). The van der Waals surface area contributed by atoms with E-state index in [2.05, 4.69) is 23.3 Å². The summed E-state index contributed by atoms with van der Waals surface area (Å²) >= 11 is 3.08. The number of benzene rings is 2. The van der Waals surface area contributed by atoms with Crippen molar-refractivity contribution in [3.8, 4) is 0 Å². The molecule has 24 heavy (non-hydrogen) atoms. The van der Waals surface area contributed by atoms with Gasteiger partial charge in [0.2, 0.25) is 5.91 Å². The molecule has 1 aromatic heterocycles. The first-order valence-electron chi connectivity index (χ1n) is 7.59. The van der Waals surface area contributed by atoms with Crippen LogP contribution in [0.5, 0.6) is 0 Å². The lowest BCUT2D eigenvalue weighted by atomic mass is 10.1. The van der Waals surface area contributed by atoms with E-state index < -0.39 is 0 Å². The number of hydrogen-bond donors (Lipinski definition) is 1. The minimum absolute atomic E-state index is 0.0193. The summed E-state index contributed by atoms with van der Waals surface area (Å²) in [4.78, 5) is 17.9. The van der Waals surface area contributed by atoms with Crippen LogP contribution in [0, 0.1) is 6.92 Å². The van der Waals surface area contributed by atoms with Gasteiger partial charge in [0.25, 0.3) is 0 Å². The van der Waals surface area contributed by atoms with Crippen molar-refractivity contribution in [2.24, 2.45) is 0 Å². The molecule has 0 aliphatic rings. The van der Waals surface area contributed by atoms with Gasteiger partial charge in [-0.25, -0.2) is 4.98 Å². The number of nitrogens with zero attached hydrogens (tertiary/aromatic N) is 1. The van der Waals surface area contributed by atoms with Crippen LogP contribution in [0.2, 0.25) is 0 Å². The molecule has 3 aromatic rings. The molecule has 0 radical (unpaired) electrons. The third-order valence-electron chi connectivity index (χ3n) is 3.63. The highest BCUT2D eigenvalue weighted by molar-refractivity contribution is 8.00. The fourth-order valence-corrected chi connectivity index (χ4v) is 3.79. The molecule has 1 amide bonds. The summed E-state index contributed by atoms with van der Waals surface area (Å²) in [6, 6.07) is 17.9. The summed E-state index contributed by atoms with van der Waals surface area (Å²) in [6.45, 7) is 2.07. The van der Waals surface area contributed by atoms with Gasteiger partial charge in [0, 0.05) is 10.3 Å². The van der Waals surface area contributed by atoms with Gasteiger partial charge >= 0.3 is 0 Å². The van der Waals surface area contributed by atoms with E-state index in [-0.39, 0.29) is 5.91 Å². The number of amides is 1. The number of aryl methyl sites for hydroxylation is 1. The van der Waals surface area contributed by atoms with Gasteiger partial charge in [-0.05, 0) is 43.0 Å². The van der Waals surface area contributed by atoms with Gasteiger partial charge in [-0.15, -0.1) is 11.8 Å². The second-order valence-corrected chi connectivity index (χ2v) is 7.18. The molecule has 3 nitrogen and oxygen atoms in total. The Morgan fingerprint density at radius 1 is 1.12 bits per heavy atom. The summed E-state index contributed by atoms with van der Waals surface area (Å²) in [6.07, 6.45) is 2.00. The summed E-state index contributed by atoms with van der Waals surface area (Å²) in [5, 5.41) is 5.00. The number of hydrogen-bond acceptors (Lipinski definition) is 4. The zero-order valence-electron chi connectivity index (χ0n) is 13.6. The molecule has 0 aliphatic heterocycles. The van der Waals surface area contributed by atoms with Crippen molar-refractivity contribution in [2.75, 3.05) is 17.3 Å². The van der Waals surface area contributed by atoms with Gasteiger partial charge in [0.1, 0.15) is 0 Å². The maximum Gasteiger partial charge on any atom is 0.234 e. The quantitative estimate of drug-likeness (QED) is 0.655. The molecule has 0 bridgehead atoms. The van der Waals surface area contributed by atoms with Crippen molar-refractivity contribution in [1.29, 1.82) is 0 Å². The van der Waals surface area contributed by atoms with Gasteiger partial charge < -0.3 is 5.32 Å². The first kappa shape index (κ1) is 16.9. The van der Waals surface area contributed by atoms with Crippen molar-refractivity contribution in [1.82, 2.24) is 4.98 Å². The van der Waals surface area contributed by atoms with E-state index in [0.717, 1.165) is 26.5 Å². The lowest BCUT2D eigenvalue weighted by Gasteiger charge is -2.09. The van der Waals surface area contributed by atoms with E-state index in [1.807, 2.05) is 54.8 Å². The number of fused-ring (bicyclic) bond motifs is 1. The van der Waals surface area contributed by atoms with Crippen LogP contribution in [-0.2, 0) is 4.79 Å². The number of aromatic nitrogens is 1. The van der Waals surface area contributed by atoms with E-state index in [1.54, 1.807) is 11.8 Å². The number of thioether (sulfide) groups is 2. The van der Waals surface area contributed by atoms with Crippen LogP contribution < -0.4 is 5.32 Å². The smallest absolute Gasteiger partial charge is 0.234 e. The first-order chi connectivity index (χ1) is 11.7. The van der Waals surface area contributed by atoms with Crippen molar-refractivity contribution in [3.63, 3.8) is 0 Å². The predicted molar refractivity (Wildman–Crippen MR) is 104 cm³/mol. The predicted octanol–water partition coefficient (Wildman–Crippen LogP) is 5.00. The van der Waals surface area contributed by atoms with Crippen LogP contribution in [0.1, 0.15) is 5.56 Å². The van der Waals surface area contributed by atoms with E-state index in [4.69, 9.17) is 0 Å². The third-order valence-corrected chi connectivity index (χ3v) is 5.34. The minimum Gasteiger partial charge on any atom is -0.324 e. The summed E-state index contributed by atoms with van der Waals surface area (Å²) in [7, 11) is 0. The Morgan fingerprint density at radius 2 is 1.88 bits per heavy atom. The molecule has 0 unspecified atom stereocenters. The third kappa shape index (κ3) is 3.91. The molecule has 0 saturated carbocycles. The SMILES string of the molecule is CSc1ccccc1NC(=O)CSc1cc(C)c2ccccc2n1. The molecule has 5 heteroatoms. The van der Waals surface area contributed by atoms with Crippen molar-refractivity contribution < 1.29 is 4.79 Å². The lowest BCUT2D eigenvalue weighted by molar-refractivity contribution is -0.113. The maximum atomic E-state index is 12.2. The highest BCUT2D eigenvalue weighted by atomic mass is 32.2. The average Bonchev–Trinajstić information content (AvgIpc) is 2.60. The first-order valence-corrected chi connectivity index (χ1v) is 9.80. The summed E-state index contributed by atoms with van der Waals surface area (Å²) < 4.78 is 0. The van der Waals surface area contributed by atoms with Gasteiger partial charge in [0.15, 0.2) is 0 Å². The fraction of sp³-hybridized carbons (Fsp3) is 0.158. The van der Waals surface area contributed by atoms with E-state index in [1.165, 1.54) is 17.3 Å². The molecule has 0 saturated heterocycles. The van der Waals surface area contributed by atoms with Crippen molar-refractivity contribution in [3.05, 3.63) is 60.2 Å². The van der Waals surface area contributed by atoms with Gasteiger partial charge in [-0.3, -0.25) is 4.79 Å². The zero-order valence-corrected chi connectivity index (χ0v) is 15.2. The normalized spacial score (nSPS) is 10.8. The van der Waals surface area contributed by atoms with Gasteiger partial charge in [0.05, 0.1) is 22.0 Å². The molecular weight excluding hydrogens is 336 g/mol. The van der Waals surface area contributed by atoms with Crippen LogP contribution in [0.4, 0.5) is 5.69 Å². The molecule has 122 valence electrons. The van der Waals surface area contributed by atoms with Crippen molar-refractivity contribution in [2.45, 2.75) is 16.8 Å². The molecular formula is C19H18N2OS2. The average molecular weight is 355 g/mol. The molecule has 1 heterocycles. The standard InChI is InChI=1S/C19H18N2OS2/c1-13-11-19(21-15-8-4-3-7-14(13)15)24-12-18(22)20-16-9-5-6-10-17(16)23-2/h3-11H,12H2,1-2H3,(H,20,22). The number of pyridine rings is 1. The molecule has 0 fully saturated rings. The number of carbonyl (C=O) groups excluding carboxylic acids is 1. The second-order valence-electron chi connectivity index (χ2n) is 5.33. The van der Waals surface area contributed by atoms with E-state index in [9.17, 15) is 4.79 Å². The molecule has 0 atom stereocenters. The topological polar surface area (TPSA) is 42.0 Å². The second kappa shape index (κ2) is 7.73. The van der Waals surface area contributed by atoms with Crippen LogP contribution in [0.25, 0.3) is 10.9 Å². The Bertz CT molecular complexity index is 880. The number of carbonyl (C=O) groups is 1. The van der Waals surface area contributed by atoms with Gasteiger partial charge in [-0.1, -0.05) is 42.1 Å². The van der Waals surface area contributed by atoms with Crippen LogP contribution in [-0.4, -0.2) is 22.9 Å². The van der Waals surface area contributed by atoms with Crippen LogP contribution in [0.15, 0.2) is 64.5 Å². The number of nitrogens with one attached hydrogen (secondary N) is 1. The van der Waals surface area contributed by atoms with Crippen LogP contribution in [0.3, 0.4) is 0 Å².